The molecule has 0 saturated carbocycles. The first-order valence-corrected chi connectivity index (χ1v) is 7.35. The van der Waals surface area contributed by atoms with Crippen LogP contribution in [-0.2, 0) is 6.42 Å². The fourth-order valence-electron chi connectivity index (χ4n) is 2.61. The SMILES string of the molecule is CNCCc1ccccc1C(=O)N1CCN(C)C(C)C1. The molecule has 1 atom stereocenters. The molecule has 1 unspecified atom stereocenters. The van der Waals surface area contributed by atoms with Crippen LogP contribution >= 0.6 is 0 Å². The second-order valence-electron chi connectivity index (χ2n) is 5.59. The number of piperazine rings is 1. The largest absolute Gasteiger partial charge is 0.336 e. The van der Waals surface area contributed by atoms with Gasteiger partial charge in [-0.25, -0.2) is 0 Å². The Morgan fingerprint density at radius 2 is 2.10 bits per heavy atom. The summed E-state index contributed by atoms with van der Waals surface area (Å²) in [5, 5.41) is 3.14. The molecule has 0 spiro atoms. The average Bonchev–Trinajstić information content (AvgIpc) is 2.47. The van der Waals surface area contributed by atoms with Crippen molar-refractivity contribution in [2.75, 3.05) is 40.3 Å². The molecule has 0 aliphatic carbocycles. The first-order valence-electron chi connectivity index (χ1n) is 7.35. The van der Waals surface area contributed by atoms with E-state index in [9.17, 15) is 4.79 Å². The second-order valence-corrected chi connectivity index (χ2v) is 5.59. The number of hydrogen-bond acceptors (Lipinski definition) is 3. The van der Waals surface area contributed by atoms with Crippen LogP contribution in [0, 0.1) is 0 Å². The minimum atomic E-state index is 0.177. The summed E-state index contributed by atoms with van der Waals surface area (Å²) in [7, 11) is 4.06. The number of benzene rings is 1. The Kier molecular flexibility index (Phi) is 5.15. The Bertz CT molecular complexity index is 461. The third-order valence-corrected chi connectivity index (χ3v) is 4.14. The second kappa shape index (κ2) is 6.86. The summed E-state index contributed by atoms with van der Waals surface area (Å²) in [6.07, 6.45) is 0.891. The van der Waals surface area contributed by atoms with E-state index in [0.717, 1.165) is 43.7 Å². The number of likely N-dealkylation sites (N-methyl/N-ethyl adjacent to an activating group) is 2. The van der Waals surface area contributed by atoms with E-state index < -0.39 is 0 Å². The Morgan fingerprint density at radius 3 is 2.80 bits per heavy atom. The highest BCUT2D eigenvalue weighted by molar-refractivity contribution is 5.95. The summed E-state index contributed by atoms with van der Waals surface area (Å²) in [5.41, 5.74) is 2.00. The highest BCUT2D eigenvalue weighted by atomic mass is 16.2. The molecule has 1 saturated heterocycles. The lowest BCUT2D eigenvalue weighted by atomic mass is 10.0. The molecule has 1 aromatic rings. The molecule has 1 aromatic carbocycles. The van der Waals surface area contributed by atoms with Gasteiger partial charge >= 0.3 is 0 Å². The van der Waals surface area contributed by atoms with Crippen molar-refractivity contribution in [2.45, 2.75) is 19.4 Å². The van der Waals surface area contributed by atoms with Gasteiger partial charge in [-0.1, -0.05) is 18.2 Å². The van der Waals surface area contributed by atoms with Crippen LogP contribution < -0.4 is 5.32 Å². The lowest BCUT2D eigenvalue weighted by Crippen LogP contribution is -2.52. The minimum Gasteiger partial charge on any atom is -0.336 e. The van der Waals surface area contributed by atoms with Gasteiger partial charge in [0.25, 0.3) is 5.91 Å². The van der Waals surface area contributed by atoms with E-state index in [-0.39, 0.29) is 5.91 Å². The van der Waals surface area contributed by atoms with Crippen molar-refractivity contribution in [3.63, 3.8) is 0 Å². The zero-order valence-corrected chi connectivity index (χ0v) is 12.7. The van der Waals surface area contributed by atoms with Crippen LogP contribution in [0.4, 0.5) is 0 Å². The van der Waals surface area contributed by atoms with E-state index in [0.29, 0.717) is 6.04 Å². The topological polar surface area (TPSA) is 35.6 Å². The predicted octanol–water partition coefficient (Wildman–Crippen LogP) is 1.22. The molecule has 0 aromatic heterocycles. The van der Waals surface area contributed by atoms with Gasteiger partial charge in [0.2, 0.25) is 0 Å². The van der Waals surface area contributed by atoms with Gasteiger partial charge in [-0.05, 0) is 45.6 Å². The van der Waals surface area contributed by atoms with Crippen LogP contribution in [0.3, 0.4) is 0 Å². The van der Waals surface area contributed by atoms with Crippen molar-refractivity contribution in [2.24, 2.45) is 0 Å². The molecule has 1 aliphatic heterocycles. The van der Waals surface area contributed by atoms with E-state index in [1.165, 1.54) is 0 Å². The highest BCUT2D eigenvalue weighted by Gasteiger charge is 2.25. The molecule has 1 aliphatic rings. The summed E-state index contributed by atoms with van der Waals surface area (Å²) in [6.45, 7) is 5.65. The molecular formula is C16H25N3O. The van der Waals surface area contributed by atoms with Crippen molar-refractivity contribution in [1.29, 1.82) is 0 Å². The lowest BCUT2D eigenvalue weighted by Gasteiger charge is -2.38. The summed E-state index contributed by atoms with van der Waals surface area (Å²) in [6, 6.07) is 8.40. The van der Waals surface area contributed by atoms with E-state index in [1.54, 1.807) is 0 Å². The van der Waals surface area contributed by atoms with E-state index in [2.05, 4.69) is 30.3 Å². The smallest absolute Gasteiger partial charge is 0.254 e. The van der Waals surface area contributed by atoms with Crippen LogP contribution in [-0.4, -0.2) is 62.0 Å². The lowest BCUT2D eigenvalue weighted by molar-refractivity contribution is 0.0571. The number of nitrogens with zero attached hydrogens (tertiary/aromatic N) is 2. The van der Waals surface area contributed by atoms with Crippen molar-refractivity contribution in [1.82, 2.24) is 15.1 Å². The van der Waals surface area contributed by atoms with Gasteiger partial charge in [-0.2, -0.15) is 0 Å². The standard InChI is InChI=1S/C16H25N3O/c1-13-12-19(11-10-18(13)3)16(20)15-7-5-4-6-14(15)8-9-17-2/h4-7,13,17H,8-12H2,1-3H3. The van der Waals surface area contributed by atoms with Gasteiger partial charge in [0.15, 0.2) is 0 Å². The molecule has 2 rings (SSSR count). The quantitative estimate of drug-likeness (QED) is 0.897. The number of hydrogen-bond donors (Lipinski definition) is 1. The zero-order valence-electron chi connectivity index (χ0n) is 12.7. The zero-order chi connectivity index (χ0) is 14.5. The first kappa shape index (κ1) is 15.0. The fraction of sp³-hybridized carbons (Fsp3) is 0.562. The van der Waals surface area contributed by atoms with Crippen LogP contribution in [0.5, 0.6) is 0 Å². The molecule has 0 bridgehead atoms. The van der Waals surface area contributed by atoms with Crippen molar-refractivity contribution in [3.05, 3.63) is 35.4 Å². The summed E-state index contributed by atoms with van der Waals surface area (Å²) in [4.78, 5) is 17.0. The van der Waals surface area contributed by atoms with Crippen molar-refractivity contribution in [3.8, 4) is 0 Å². The molecule has 1 amide bonds. The molecule has 1 fully saturated rings. The number of carbonyl (C=O) groups is 1. The highest BCUT2D eigenvalue weighted by Crippen LogP contribution is 2.15. The van der Waals surface area contributed by atoms with Crippen LogP contribution in [0.15, 0.2) is 24.3 Å². The van der Waals surface area contributed by atoms with Crippen LogP contribution in [0.1, 0.15) is 22.8 Å². The number of amides is 1. The Hall–Kier alpha value is -1.39. The summed E-state index contributed by atoms with van der Waals surface area (Å²) >= 11 is 0. The fourth-order valence-corrected chi connectivity index (χ4v) is 2.61. The predicted molar refractivity (Wildman–Crippen MR) is 82.1 cm³/mol. The van der Waals surface area contributed by atoms with Gasteiger partial charge in [0.1, 0.15) is 0 Å². The van der Waals surface area contributed by atoms with Crippen LogP contribution in [0.25, 0.3) is 0 Å². The van der Waals surface area contributed by atoms with E-state index >= 15 is 0 Å². The summed E-state index contributed by atoms with van der Waals surface area (Å²) in [5.74, 6) is 0.177. The van der Waals surface area contributed by atoms with Gasteiger partial charge in [-0.15, -0.1) is 0 Å². The monoisotopic (exact) mass is 275 g/mol. The molecule has 20 heavy (non-hydrogen) atoms. The maximum atomic E-state index is 12.7. The molecule has 1 N–H and O–H groups in total. The normalized spacial score (nSPS) is 20.1. The third-order valence-electron chi connectivity index (χ3n) is 4.14. The Balaban J connectivity index is 2.12. The van der Waals surface area contributed by atoms with Gasteiger partial charge in [0.05, 0.1) is 0 Å². The maximum Gasteiger partial charge on any atom is 0.254 e. The molecule has 110 valence electrons. The van der Waals surface area contributed by atoms with Gasteiger partial charge < -0.3 is 15.1 Å². The van der Waals surface area contributed by atoms with Crippen molar-refractivity contribution >= 4 is 5.91 Å². The molecule has 4 nitrogen and oxygen atoms in total. The van der Waals surface area contributed by atoms with Gasteiger partial charge in [0, 0.05) is 31.2 Å². The number of nitrogens with one attached hydrogen (secondary N) is 1. The summed E-state index contributed by atoms with van der Waals surface area (Å²) < 4.78 is 0. The molecular weight excluding hydrogens is 250 g/mol. The number of rotatable bonds is 4. The minimum absolute atomic E-state index is 0.177. The molecule has 0 radical (unpaired) electrons. The maximum absolute atomic E-state index is 12.7. The van der Waals surface area contributed by atoms with Gasteiger partial charge in [-0.3, -0.25) is 4.79 Å². The molecule has 4 heteroatoms. The van der Waals surface area contributed by atoms with Crippen molar-refractivity contribution < 1.29 is 4.79 Å². The molecule has 1 heterocycles. The Labute approximate surface area is 121 Å². The average molecular weight is 275 g/mol. The first-order chi connectivity index (χ1) is 9.63. The van der Waals surface area contributed by atoms with Crippen LogP contribution in [0.2, 0.25) is 0 Å². The van der Waals surface area contributed by atoms with E-state index in [4.69, 9.17) is 0 Å². The third kappa shape index (κ3) is 3.38. The number of carbonyl (C=O) groups excluding carboxylic acids is 1. The van der Waals surface area contributed by atoms with E-state index in [1.807, 2.05) is 30.1 Å². The Morgan fingerprint density at radius 1 is 1.35 bits per heavy atom.